The van der Waals surface area contributed by atoms with Crippen LogP contribution in [-0.2, 0) is 30.9 Å². The van der Waals surface area contributed by atoms with E-state index in [0.29, 0.717) is 41.3 Å². The third kappa shape index (κ3) is 6.80. The SMILES string of the molecule is O=C(NCc1ccc(Cl)cc1)c1cn2c3c(cc(CN4CCOCC4)cc3c1=S)OC(CNCc1ccc(Cl)cc1)C2. The third-order valence-electron chi connectivity index (χ3n) is 7.63. The van der Waals surface area contributed by atoms with E-state index >= 15 is 0 Å². The van der Waals surface area contributed by atoms with Crippen LogP contribution in [0.3, 0.4) is 0 Å². The summed E-state index contributed by atoms with van der Waals surface area (Å²) in [6.45, 7) is 6.27. The number of carbonyl (C=O) groups is 1. The number of hydrogen-bond acceptors (Lipinski definition) is 6. The second-order valence-corrected chi connectivity index (χ2v) is 12.0. The van der Waals surface area contributed by atoms with Crippen molar-refractivity contribution in [1.29, 1.82) is 0 Å². The molecule has 3 heterocycles. The highest BCUT2D eigenvalue weighted by atomic mass is 35.5. The summed E-state index contributed by atoms with van der Waals surface area (Å²) in [6.07, 6.45) is 1.75. The lowest BCUT2D eigenvalue weighted by Crippen LogP contribution is -2.38. The number of ether oxygens (including phenoxy) is 2. The van der Waals surface area contributed by atoms with Crippen molar-refractivity contribution in [3.8, 4) is 5.75 Å². The van der Waals surface area contributed by atoms with Gasteiger partial charge in [0.05, 0.1) is 35.3 Å². The van der Waals surface area contributed by atoms with Gasteiger partial charge in [-0.05, 0) is 53.1 Å². The summed E-state index contributed by atoms with van der Waals surface area (Å²) < 4.78 is 14.7. The Labute approximate surface area is 260 Å². The van der Waals surface area contributed by atoms with Crippen LogP contribution in [0.1, 0.15) is 27.0 Å². The molecule has 0 bridgehead atoms. The van der Waals surface area contributed by atoms with E-state index in [1.54, 1.807) is 0 Å². The van der Waals surface area contributed by atoms with Gasteiger partial charge in [-0.2, -0.15) is 0 Å². The van der Waals surface area contributed by atoms with E-state index < -0.39 is 0 Å². The van der Waals surface area contributed by atoms with Gasteiger partial charge < -0.3 is 24.7 Å². The molecule has 42 heavy (non-hydrogen) atoms. The highest BCUT2D eigenvalue weighted by Gasteiger charge is 2.25. The molecule has 6 rings (SSSR count). The molecule has 0 radical (unpaired) electrons. The van der Waals surface area contributed by atoms with E-state index in [1.165, 1.54) is 0 Å². The predicted molar refractivity (Wildman–Crippen MR) is 169 cm³/mol. The molecule has 7 nitrogen and oxygen atoms in total. The molecule has 3 aromatic carbocycles. The van der Waals surface area contributed by atoms with Crippen molar-refractivity contribution < 1.29 is 14.3 Å². The Morgan fingerprint density at radius 2 is 1.60 bits per heavy atom. The van der Waals surface area contributed by atoms with E-state index in [-0.39, 0.29) is 12.0 Å². The Bertz CT molecular complexity index is 1640. The number of hydrogen-bond donors (Lipinski definition) is 2. The first-order valence-electron chi connectivity index (χ1n) is 14.1. The molecular weight excluding hydrogens is 591 g/mol. The van der Waals surface area contributed by atoms with Crippen molar-refractivity contribution in [1.82, 2.24) is 20.1 Å². The number of amides is 1. The van der Waals surface area contributed by atoms with Crippen molar-refractivity contribution in [3.05, 3.63) is 104 Å². The third-order valence-corrected chi connectivity index (χ3v) is 8.57. The fourth-order valence-corrected chi connectivity index (χ4v) is 6.02. The fraction of sp³-hybridized carbons (Fsp3) is 0.312. The zero-order chi connectivity index (χ0) is 29.1. The maximum atomic E-state index is 13.5. The number of halogens is 2. The van der Waals surface area contributed by atoms with E-state index in [1.807, 2.05) is 54.7 Å². The van der Waals surface area contributed by atoms with Crippen molar-refractivity contribution >= 4 is 52.2 Å². The molecule has 2 aliphatic rings. The van der Waals surface area contributed by atoms with Crippen LogP contribution in [0.4, 0.5) is 0 Å². The number of nitrogens with one attached hydrogen (secondary N) is 2. The number of benzene rings is 3. The first kappa shape index (κ1) is 29.1. The normalized spacial score (nSPS) is 16.8. The van der Waals surface area contributed by atoms with Gasteiger partial charge in [0.1, 0.15) is 11.9 Å². The molecule has 1 atom stereocenters. The van der Waals surface area contributed by atoms with Gasteiger partial charge in [0.25, 0.3) is 5.91 Å². The maximum absolute atomic E-state index is 13.5. The number of nitrogens with zero attached hydrogens (tertiary/aromatic N) is 2. The van der Waals surface area contributed by atoms with E-state index in [0.717, 1.165) is 71.2 Å². The molecule has 218 valence electrons. The van der Waals surface area contributed by atoms with Gasteiger partial charge in [-0.1, -0.05) is 59.7 Å². The first-order chi connectivity index (χ1) is 20.4. The van der Waals surface area contributed by atoms with Crippen LogP contribution < -0.4 is 15.4 Å². The Kier molecular flexibility index (Phi) is 9.09. The van der Waals surface area contributed by atoms with Gasteiger partial charge in [0.15, 0.2) is 0 Å². The molecule has 1 amide bonds. The predicted octanol–water partition coefficient (Wildman–Crippen LogP) is 5.99. The molecule has 1 aromatic heterocycles. The number of carbonyl (C=O) groups excluding carboxylic acids is 1. The van der Waals surface area contributed by atoms with Crippen LogP contribution >= 0.6 is 35.4 Å². The fourth-order valence-electron chi connectivity index (χ4n) is 5.46. The van der Waals surface area contributed by atoms with Gasteiger partial charge in [-0.15, -0.1) is 0 Å². The first-order valence-corrected chi connectivity index (χ1v) is 15.2. The monoisotopic (exact) mass is 622 g/mol. The number of morpholine rings is 1. The zero-order valence-corrected chi connectivity index (χ0v) is 25.4. The van der Waals surface area contributed by atoms with Crippen LogP contribution in [0.5, 0.6) is 5.75 Å². The summed E-state index contributed by atoms with van der Waals surface area (Å²) in [7, 11) is 0. The summed E-state index contributed by atoms with van der Waals surface area (Å²) in [5, 5.41) is 8.78. The van der Waals surface area contributed by atoms with E-state index in [9.17, 15) is 4.79 Å². The summed E-state index contributed by atoms with van der Waals surface area (Å²) >= 11 is 18.0. The minimum Gasteiger partial charge on any atom is -0.485 e. The molecule has 1 unspecified atom stereocenters. The van der Waals surface area contributed by atoms with Crippen molar-refractivity contribution in [2.24, 2.45) is 0 Å². The quantitative estimate of drug-likeness (QED) is 0.224. The van der Waals surface area contributed by atoms with Crippen molar-refractivity contribution in [3.63, 3.8) is 0 Å². The maximum Gasteiger partial charge on any atom is 0.254 e. The topological polar surface area (TPSA) is 67.8 Å². The average molecular weight is 624 g/mol. The van der Waals surface area contributed by atoms with Crippen molar-refractivity contribution in [2.75, 3.05) is 32.8 Å². The van der Waals surface area contributed by atoms with Crippen LogP contribution in [0.2, 0.25) is 10.0 Å². The van der Waals surface area contributed by atoms with Crippen LogP contribution in [-0.4, -0.2) is 54.3 Å². The molecule has 4 aromatic rings. The molecule has 0 aliphatic carbocycles. The van der Waals surface area contributed by atoms with Gasteiger partial charge >= 0.3 is 0 Å². The lowest BCUT2D eigenvalue weighted by molar-refractivity contribution is 0.0341. The lowest BCUT2D eigenvalue weighted by Gasteiger charge is -2.31. The Morgan fingerprint density at radius 3 is 2.29 bits per heavy atom. The Morgan fingerprint density at radius 1 is 0.929 bits per heavy atom. The smallest absolute Gasteiger partial charge is 0.254 e. The molecule has 1 saturated heterocycles. The minimum absolute atomic E-state index is 0.127. The molecule has 2 aliphatic heterocycles. The average Bonchev–Trinajstić information content (AvgIpc) is 2.99. The number of pyridine rings is 1. The highest BCUT2D eigenvalue weighted by molar-refractivity contribution is 7.71. The van der Waals surface area contributed by atoms with E-state index in [4.69, 9.17) is 44.9 Å². The highest BCUT2D eigenvalue weighted by Crippen LogP contribution is 2.34. The number of aromatic nitrogens is 1. The van der Waals surface area contributed by atoms with E-state index in [2.05, 4.69) is 32.2 Å². The standard InChI is InChI=1S/C32H32Cl2N4O3S/c33-24-5-1-21(2-6-24)15-35-17-26-19-38-20-28(32(39)36-16-22-3-7-25(34)8-4-22)31(42)27-13-23(14-29(41-26)30(27)38)18-37-9-11-40-12-10-37/h1-8,13-14,20,26,35H,9-12,15-19H2,(H,36,39). The molecule has 0 saturated carbocycles. The summed E-state index contributed by atoms with van der Waals surface area (Å²) in [5.41, 5.74) is 4.62. The van der Waals surface area contributed by atoms with Gasteiger partial charge in [0.2, 0.25) is 0 Å². The molecule has 10 heteroatoms. The second kappa shape index (κ2) is 13.1. The molecule has 0 spiro atoms. The minimum atomic E-state index is -0.204. The van der Waals surface area contributed by atoms with Crippen LogP contribution in [0.25, 0.3) is 10.9 Å². The van der Waals surface area contributed by atoms with Crippen LogP contribution in [0.15, 0.2) is 66.9 Å². The largest absolute Gasteiger partial charge is 0.485 e. The Hall–Kier alpha value is -2.98. The summed E-state index contributed by atoms with van der Waals surface area (Å²) in [4.78, 5) is 15.8. The lowest BCUT2D eigenvalue weighted by atomic mass is 10.0. The summed E-state index contributed by atoms with van der Waals surface area (Å²) in [6, 6.07) is 19.5. The molecule has 1 fully saturated rings. The van der Waals surface area contributed by atoms with Gasteiger partial charge in [-0.3, -0.25) is 9.69 Å². The van der Waals surface area contributed by atoms with Gasteiger partial charge in [-0.25, -0.2) is 0 Å². The van der Waals surface area contributed by atoms with Crippen molar-refractivity contribution in [2.45, 2.75) is 32.3 Å². The zero-order valence-electron chi connectivity index (χ0n) is 23.1. The van der Waals surface area contributed by atoms with Gasteiger partial charge in [0, 0.05) is 60.9 Å². The summed E-state index contributed by atoms with van der Waals surface area (Å²) in [5.74, 6) is 0.587. The molecule has 2 N–H and O–H groups in total. The second-order valence-electron chi connectivity index (χ2n) is 10.7. The Balaban J connectivity index is 1.27. The number of rotatable bonds is 9. The van der Waals surface area contributed by atoms with Crippen LogP contribution in [0, 0.1) is 4.51 Å². The molecular formula is C32H32Cl2N4O3S.